The lowest BCUT2D eigenvalue weighted by atomic mass is 10.6. The third-order valence-corrected chi connectivity index (χ3v) is 2.05. The molecule has 0 atom stereocenters. The Hall–Kier alpha value is -0.690. The zero-order chi connectivity index (χ0) is 12.7. The van der Waals surface area contributed by atoms with Crippen LogP contribution in [0, 0.1) is 0 Å². The highest BCUT2D eigenvalue weighted by molar-refractivity contribution is 6.31. The molecule has 0 fully saturated rings. The van der Waals surface area contributed by atoms with E-state index in [1.54, 1.807) is 0 Å². The van der Waals surface area contributed by atoms with E-state index >= 15 is 0 Å². The number of nitrogens with zero attached hydrogens (tertiary/aromatic N) is 3. The van der Waals surface area contributed by atoms with Crippen molar-refractivity contribution in [3.05, 3.63) is 10.6 Å². The van der Waals surface area contributed by atoms with Gasteiger partial charge in [-0.3, -0.25) is 0 Å². The molecule has 1 heterocycles. The first-order valence-electron chi connectivity index (χ1n) is 5.19. The summed E-state index contributed by atoms with van der Waals surface area (Å²) in [6, 6.07) is 0. The van der Waals surface area contributed by atoms with Crippen LogP contribution in [-0.4, -0.2) is 41.0 Å². The van der Waals surface area contributed by atoms with Crippen molar-refractivity contribution in [1.29, 1.82) is 0 Å². The summed E-state index contributed by atoms with van der Waals surface area (Å²) in [6.07, 6.45) is -0.362. The van der Waals surface area contributed by atoms with E-state index in [-0.39, 0.29) is 16.9 Å². The lowest BCUT2D eigenvalue weighted by molar-refractivity contribution is -0.126. The fourth-order valence-electron chi connectivity index (χ4n) is 1.12. The van der Waals surface area contributed by atoms with Crippen LogP contribution < -0.4 is 5.32 Å². The van der Waals surface area contributed by atoms with Crippen molar-refractivity contribution < 1.29 is 9.47 Å². The van der Waals surface area contributed by atoms with Crippen molar-refractivity contribution >= 4 is 29.2 Å². The summed E-state index contributed by atoms with van der Waals surface area (Å²) in [5.41, 5.74) is 0. The van der Waals surface area contributed by atoms with Crippen LogP contribution in [0.2, 0.25) is 10.6 Å². The van der Waals surface area contributed by atoms with Crippen molar-refractivity contribution in [2.75, 3.05) is 25.1 Å². The van der Waals surface area contributed by atoms with E-state index in [4.69, 9.17) is 32.7 Å². The molecule has 6 nitrogen and oxygen atoms in total. The SMILES string of the molecule is CCOC(CNc1nc(Cl)nc(Cl)n1)OCC. The third kappa shape index (κ3) is 5.45. The lowest BCUT2D eigenvalue weighted by Gasteiger charge is -2.17. The molecule has 0 radical (unpaired) electrons. The normalized spacial score (nSPS) is 10.9. The molecule has 1 aromatic heterocycles. The molecule has 1 rings (SSSR count). The Morgan fingerprint density at radius 3 is 2.06 bits per heavy atom. The summed E-state index contributed by atoms with van der Waals surface area (Å²) in [4.78, 5) is 11.4. The van der Waals surface area contributed by atoms with Crippen LogP contribution in [0.3, 0.4) is 0 Å². The Kier molecular flexibility index (Phi) is 6.43. The van der Waals surface area contributed by atoms with Crippen LogP contribution in [0.15, 0.2) is 0 Å². The molecule has 0 saturated carbocycles. The monoisotopic (exact) mass is 280 g/mol. The topological polar surface area (TPSA) is 69.2 Å². The van der Waals surface area contributed by atoms with Gasteiger partial charge in [0, 0.05) is 13.2 Å². The second kappa shape index (κ2) is 7.60. The Morgan fingerprint density at radius 1 is 1.06 bits per heavy atom. The Bertz CT molecular complexity index is 328. The summed E-state index contributed by atoms with van der Waals surface area (Å²) < 4.78 is 10.7. The smallest absolute Gasteiger partial charge is 0.228 e. The van der Waals surface area contributed by atoms with E-state index in [1.807, 2.05) is 13.8 Å². The lowest BCUT2D eigenvalue weighted by Crippen LogP contribution is -2.27. The number of ether oxygens (including phenoxy) is 2. The predicted molar refractivity (Wildman–Crippen MR) is 65.4 cm³/mol. The molecule has 0 aliphatic carbocycles. The summed E-state index contributed by atoms with van der Waals surface area (Å²) in [5.74, 6) is 0.291. The Balaban J connectivity index is 2.52. The number of halogens is 2. The second-order valence-corrected chi connectivity index (χ2v) is 3.59. The highest BCUT2D eigenvalue weighted by Crippen LogP contribution is 2.09. The molecule has 0 unspecified atom stereocenters. The molecule has 0 aromatic carbocycles. The maximum Gasteiger partial charge on any atom is 0.228 e. The van der Waals surface area contributed by atoms with Gasteiger partial charge in [0.2, 0.25) is 16.5 Å². The molecular formula is C9H14Cl2N4O2. The van der Waals surface area contributed by atoms with Crippen molar-refractivity contribution in [3.63, 3.8) is 0 Å². The summed E-state index contributed by atoms with van der Waals surface area (Å²) in [7, 11) is 0. The van der Waals surface area contributed by atoms with Gasteiger partial charge < -0.3 is 14.8 Å². The minimum absolute atomic E-state index is 0.0388. The highest BCUT2D eigenvalue weighted by atomic mass is 35.5. The largest absolute Gasteiger partial charge is 0.351 e. The van der Waals surface area contributed by atoms with Crippen LogP contribution in [0.1, 0.15) is 13.8 Å². The molecule has 96 valence electrons. The average Bonchev–Trinajstić information content (AvgIpc) is 2.25. The number of rotatable bonds is 7. The molecule has 0 saturated heterocycles. The minimum atomic E-state index is -0.362. The molecule has 0 bridgehead atoms. The number of aromatic nitrogens is 3. The van der Waals surface area contributed by atoms with Crippen LogP contribution in [0.5, 0.6) is 0 Å². The second-order valence-electron chi connectivity index (χ2n) is 2.92. The van der Waals surface area contributed by atoms with E-state index in [0.29, 0.717) is 25.7 Å². The minimum Gasteiger partial charge on any atom is -0.351 e. The summed E-state index contributed by atoms with van der Waals surface area (Å²) in [5, 5.41) is 2.99. The average molecular weight is 281 g/mol. The molecule has 1 N–H and O–H groups in total. The van der Waals surface area contributed by atoms with E-state index in [1.165, 1.54) is 0 Å². The van der Waals surface area contributed by atoms with Crippen molar-refractivity contribution in [2.24, 2.45) is 0 Å². The van der Waals surface area contributed by atoms with Gasteiger partial charge in [0.25, 0.3) is 0 Å². The van der Waals surface area contributed by atoms with E-state index in [9.17, 15) is 0 Å². The molecular weight excluding hydrogens is 267 g/mol. The van der Waals surface area contributed by atoms with E-state index < -0.39 is 0 Å². The Morgan fingerprint density at radius 2 is 1.59 bits per heavy atom. The molecule has 0 amide bonds. The fourth-order valence-corrected chi connectivity index (χ4v) is 1.48. The molecule has 17 heavy (non-hydrogen) atoms. The number of anilines is 1. The molecule has 1 aromatic rings. The van der Waals surface area contributed by atoms with E-state index in [2.05, 4.69) is 20.3 Å². The zero-order valence-corrected chi connectivity index (χ0v) is 11.1. The quantitative estimate of drug-likeness (QED) is 0.771. The first kappa shape index (κ1) is 14.4. The van der Waals surface area contributed by atoms with Gasteiger partial charge in [-0.2, -0.15) is 15.0 Å². The summed E-state index contributed by atoms with van der Waals surface area (Å²) in [6.45, 7) is 5.31. The maximum absolute atomic E-state index is 5.64. The molecule has 8 heteroatoms. The summed E-state index contributed by atoms with van der Waals surface area (Å²) >= 11 is 11.3. The molecule has 0 spiro atoms. The fraction of sp³-hybridized carbons (Fsp3) is 0.667. The van der Waals surface area contributed by atoms with Crippen LogP contribution in [0.25, 0.3) is 0 Å². The van der Waals surface area contributed by atoms with Gasteiger partial charge in [-0.1, -0.05) is 0 Å². The zero-order valence-electron chi connectivity index (χ0n) is 9.61. The van der Waals surface area contributed by atoms with Gasteiger partial charge in [-0.25, -0.2) is 0 Å². The Labute approximate surface area is 110 Å². The van der Waals surface area contributed by atoms with Gasteiger partial charge in [0.15, 0.2) is 6.29 Å². The number of hydrogen-bond donors (Lipinski definition) is 1. The maximum atomic E-state index is 5.64. The van der Waals surface area contributed by atoms with Crippen molar-refractivity contribution in [3.8, 4) is 0 Å². The number of nitrogens with one attached hydrogen (secondary N) is 1. The van der Waals surface area contributed by atoms with Gasteiger partial charge in [-0.15, -0.1) is 0 Å². The standard InChI is InChI=1S/C9H14Cl2N4O2/c1-3-16-6(17-4-2)5-12-9-14-7(10)13-8(11)15-9/h6H,3-5H2,1-2H3,(H,12,13,14,15). The highest BCUT2D eigenvalue weighted by Gasteiger charge is 2.09. The molecule has 0 aliphatic rings. The first-order valence-corrected chi connectivity index (χ1v) is 5.95. The first-order chi connectivity index (χ1) is 8.15. The number of hydrogen-bond acceptors (Lipinski definition) is 6. The van der Waals surface area contributed by atoms with Crippen LogP contribution >= 0.6 is 23.2 Å². The van der Waals surface area contributed by atoms with E-state index in [0.717, 1.165) is 0 Å². The predicted octanol–water partition coefficient (Wildman–Crippen LogP) is 1.99. The van der Waals surface area contributed by atoms with Crippen LogP contribution in [0.4, 0.5) is 5.95 Å². The van der Waals surface area contributed by atoms with Gasteiger partial charge in [-0.05, 0) is 37.0 Å². The van der Waals surface area contributed by atoms with Crippen molar-refractivity contribution in [2.45, 2.75) is 20.1 Å². The third-order valence-electron chi connectivity index (χ3n) is 1.71. The van der Waals surface area contributed by atoms with Crippen LogP contribution in [-0.2, 0) is 9.47 Å². The molecule has 0 aliphatic heterocycles. The van der Waals surface area contributed by atoms with Gasteiger partial charge >= 0.3 is 0 Å². The van der Waals surface area contributed by atoms with Gasteiger partial charge in [0.1, 0.15) is 0 Å². The van der Waals surface area contributed by atoms with Gasteiger partial charge in [0.05, 0.1) is 6.54 Å². The van der Waals surface area contributed by atoms with Crippen molar-refractivity contribution in [1.82, 2.24) is 15.0 Å².